The number of hydrogen-bond donors (Lipinski definition) is 2. The first kappa shape index (κ1) is 19.6. The molecule has 0 unspecified atom stereocenters. The summed E-state index contributed by atoms with van der Waals surface area (Å²) in [6, 6.07) is 12.2. The van der Waals surface area contributed by atoms with Gasteiger partial charge in [0.15, 0.2) is 0 Å². The fourth-order valence-corrected chi connectivity index (χ4v) is 3.13. The largest absolute Gasteiger partial charge is 0.462 e. The van der Waals surface area contributed by atoms with Crippen molar-refractivity contribution in [2.24, 2.45) is 5.41 Å². The number of ether oxygens (including phenoxy) is 1. The maximum absolute atomic E-state index is 12.7. The molecular formula is C22H24N2O4. The lowest BCUT2D eigenvalue weighted by atomic mass is 10.0. The summed E-state index contributed by atoms with van der Waals surface area (Å²) in [6.07, 6.45) is 1.02. The van der Waals surface area contributed by atoms with Gasteiger partial charge in [-0.25, -0.2) is 4.79 Å². The number of hydrogen-bond acceptors (Lipinski definition) is 4. The van der Waals surface area contributed by atoms with E-state index in [1.54, 1.807) is 31.2 Å². The average Bonchev–Trinajstić information content (AvgIpc) is 3.43. The molecule has 0 bridgehead atoms. The molecular weight excluding hydrogens is 356 g/mol. The van der Waals surface area contributed by atoms with Gasteiger partial charge in [-0.05, 0) is 81.1 Å². The Morgan fingerprint density at radius 3 is 1.93 bits per heavy atom. The van der Waals surface area contributed by atoms with Crippen molar-refractivity contribution in [3.63, 3.8) is 0 Å². The van der Waals surface area contributed by atoms with Gasteiger partial charge < -0.3 is 15.4 Å². The predicted octanol–water partition coefficient (Wildman–Crippen LogP) is 3.84. The number of nitrogens with one attached hydrogen (secondary N) is 2. The van der Waals surface area contributed by atoms with E-state index < -0.39 is 11.4 Å². The van der Waals surface area contributed by atoms with Crippen LogP contribution in [0.4, 0.5) is 11.4 Å². The van der Waals surface area contributed by atoms with Gasteiger partial charge in [-0.3, -0.25) is 9.59 Å². The first-order valence-electron chi connectivity index (χ1n) is 9.32. The van der Waals surface area contributed by atoms with Crippen LogP contribution in [0.3, 0.4) is 0 Å². The standard InChI is InChI=1S/C22H24N2O4/c1-4-28-19(25)16-5-7-17(8-6-16)23-20(26)22(9-10-22)21(27)24-18-12-14(2)11-15(3)13-18/h5-8,11-13H,4,9-10H2,1-3H3,(H,23,26)(H,24,27). The number of anilines is 2. The van der Waals surface area contributed by atoms with E-state index in [-0.39, 0.29) is 11.8 Å². The second-order valence-electron chi connectivity index (χ2n) is 7.16. The van der Waals surface area contributed by atoms with Crippen molar-refractivity contribution < 1.29 is 19.1 Å². The van der Waals surface area contributed by atoms with E-state index in [4.69, 9.17) is 4.74 Å². The Morgan fingerprint density at radius 1 is 0.893 bits per heavy atom. The summed E-state index contributed by atoms with van der Waals surface area (Å²) >= 11 is 0. The number of carbonyl (C=O) groups is 3. The molecule has 0 aromatic heterocycles. The Morgan fingerprint density at radius 2 is 1.43 bits per heavy atom. The molecule has 1 saturated carbocycles. The maximum atomic E-state index is 12.7. The predicted molar refractivity (Wildman–Crippen MR) is 107 cm³/mol. The first-order valence-corrected chi connectivity index (χ1v) is 9.32. The van der Waals surface area contributed by atoms with Gasteiger partial charge in [0, 0.05) is 11.4 Å². The Labute approximate surface area is 164 Å². The number of benzene rings is 2. The van der Waals surface area contributed by atoms with Crippen molar-refractivity contribution in [3.8, 4) is 0 Å². The number of amides is 2. The van der Waals surface area contributed by atoms with Crippen LogP contribution in [0.1, 0.15) is 41.3 Å². The van der Waals surface area contributed by atoms with E-state index in [2.05, 4.69) is 10.6 Å². The molecule has 28 heavy (non-hydrogen) atoms. The smallest absolute Gasteiger partial charge is 0.338 e. The summed E-state index contributed by atoms with van der Waals surface area (Å²) in [5, 5.41) is 5.65. The second kappa shape index (κ2) is 7.84. The highest BCUT2D eigenvalue weighted by molar-refractivity contribution is 6.17. The van der Waals surface area contributed by atoms with Crippen molar-refractivity contribution in [1.82, 2.24) is 0 Å². The van der Waals surface area contributed by atoms with Gasteiger partial charge in [0.1, 0.15) is 5.41 Å². The van der Waals surface area contributed by atoms with E-state index in [1.165, 1.54) is 0 Å². The van der Waals surface area contributed by atoms with Crippen LogP contribution in [0.15, 0.2) is 42.5 Å². The zero-order chi connectivity index (χ0) is 20.3. The molecule has 1 aliphatic rings. The topological polar surface area (TPSA) is 84.5 Å². The van der Waals surface area contributed by atoms with Crippen molar-refractivity contribution >= 4 is 29.2 Å². The van der Waals surface area contributed by atoms with Crippen molar-refractivity contribution in [2.45, 2.75) is 33.6 Å². The van der Waals surface area contributed by atoms with E-state index in [0.717, 1.165) is 11.1 Å². The Balaban J connectivity index is 1.66. The third-order valence-electron chi connectivity index (χ3n) is 4.75. The molecule has 0 radical (unpaired) electrons. The third kappa shape index (κ3) is 4.22. The molecule has 0 aliphatic heterocycles. The highest BCUT2D eigenvalue weighted by Crippen LogP contribution is 2.47. The van der Waals surface area contributed by atoms with Crippen LogP contribution >= 0.6 is 0 Å². The monoisotopic (exact) mass is 380 g/mol. The molecule has 2 aromatic rings. The lowest BCUT2D eigenvalue weighted by molar-refractivity contribution is -0.131. The van der Waals surface area contributed by atoms with Gasteiger partial charge in [0.2, 0.25) is 11.8 Å². The van der Waals surface area contributed by atoms with E-state index in [9.17, 15) is 14.4 Å². The molecule has 0 heterocycles. The van der Waals surface area contributed by atoms with Crippen LogP contribution < -0.4 is 10.6 Å². The summed E-state index contributed by atoms with van der Waals surface area (Å²) in [7, 11) is 0. The molecule has 0 saturated heterocycles. The minimum absolute atomic E-state index is 0.293. The molecule has 0 atom stereocenters. The van der Waals surface area contributed by atoms with Crippen molar-refractivity contribution in [3.05, 3.63) is 59.2 Å². The lowest BCUT2D eigenvalue weighted by Gasteiger charge is -2.16. The minimum Gasteiger partial charge on any atom is -0.462 e. The average molecular weight is 380 g/mol. The summed E-state index contributed by atoms with van der Waals surface area (Å²) in [6.45, 7) is 5.96. The van der Waals surface area contributed by atoms with Gasteiger partial charge in [-0.2, -0.15) is 0 Å². The Bertz CT molecular complexity index is 894. The van der Waals surface area contributed by atoms with Crippen LogP contribution in [0, 0.1) is 19.3 Å². The highest BCUT2D eigenvalue weighted by Gasteiger charge is 2.56. The first-order chi connectivity index (χ1) is 13.3. The Hall–Kier alpha value is -3.15. The summed E-state index contributed by atoms with van der Waals surface area (Å²) in [4.78, 5) is 37.1. The van der Waals surface area contributed by atoms with Crippen LogP contribution in [-0.4, -0.2) is 24.4 Å². The van der Waals surface area contributed by atoms with Gasteiger partial charge in [-0.15, -0.1) is 0 Å². The van der Waals surface area contributed by atoms with E-state index in [0.29, 0.717) is 36.4 Å². The third-order valence-corrected chi connectivity index (χ3v) is 4.75. The number of aryl methyl sites for hydroxylation is 2. The van der Waals surface area contributed by atoms with E-state index >= 15 is 0 Å². The summed E-state index contributed by atoms with van der Waals surface area (Å²) < 4.78 is 4.94. The zero-order valence-corrected chi connectivity index (χ0v) is 16.3. The van der Waals surface area contributed by atoms with Gasteiger partial charge >= 0.3 is 5.97 Å². The molecule has 6 heteroatoms. The van der Waals surface area contributed by atoms with Crippen LogP contribution in [-0.2, 0) is 14.3 Å². The fourth-order valence-electron chi connectivity index (χ4n) is 3.13. The van der Waals surface area contributed by atoms with Crippen LogP contribution in [0.25, 0.3) is 0 Å². The molecule has 1 fully saturated rings. The SMILES string of the molecule is CCOC(=O)c1ccc(NC(=O)C2(C(=O)Nc3cc(C)cc(C)c3)CC2)cc1. The minimum atomic E-state index is -1.04. The molecule has 146 valence electrons. The van der Waals surface area contributed by atoms with Crippen LogP contribution in [0.2, 0.25) is 0 Å². The normalized spacial score (nSPS) is 14.1. The fraction of sp³-hybridized carbons (Fsp3) is 0.318. The van der Waals surface area contributed by atoms with Crippen LogP contribution in [0.5, 0.6) is 0 Å². The molecule has 2 amide bonds. The van der Waals surface area contributed by atoms with Crippen molar-refractivity contribution in [2.75, 3.05) is 17.2 Å². The maximum Gasteiger partial charge on any atom is 0.338 e. The van der Waals surface area contributed by atoms with Crippen molar-refractivity contribution in [1.29, 1.82) is 0 Å². The quantitative estimate of drug-likeness (QED) is 0.589. The lowest BCUT2D eigenvalue weighted by Crippen LogP contribution is -2.35. The number of esters is 1. The van der Waals surface area contributed by atoms with E-state index in [1.807, 2.05) is 32.0 Å². The Kier molecular flexibility index (Phi) is 5.49. The van der Waals surface area contributed by atoms with Gasteiger partial charge in [0.25, 0.3) is 0 Å². The van der Waals surface area contributed by atoms with Gasteiger partial charge in [0.05, 0.1) is 12.2 Å². The summed E-state index contributed by atoms with van der Waals surface area (Å²) in [5.74, 6) is -1.04. The number of carbonyl (C=O) groups excluding carboxylic acids is 3. The second-order valence-corrected chi connectivity index (χ2v) is 7.16. The highest BCUT2D eigenvalue weighted by atomic mass is 16.5. The molecule has 3 rings (SSSR count). The van der Waals surface area contributed by atoms with Gasteiger partial charge in [-0.1, -0.05) is 6.07 Å². The number of rotatable bonds is 6. The molecule has 2 N–H and O–H groups in total. The summed E-state index contributed by atoms with van der Waals surface area (Å²) in [5.41, 5.74) is 2.69. The molecule has 2 aromatic carbocycles. The molecule has 1 aliphatic carbocycles. The molecule has 0 spiro atoms. The zero-order valence-electron chi connectivity index (χ0n) is 16.3. The molecule has 6 nitrogen and oxygen atoms in total.